The number of hydrogen-bond acceptors (Lipinski definition) is 4. The summed E-state index contributed by atoms with van der Waals surface area (Å²) >= 11 is 0. The molecular formula is C11H14N2O4. The first-order valence-corrected chi connectivity index (χ1v) is 5.06. The predicted octanol–water partition coefficient (Wildman–Crippen LogP) is 0.683. The van der Waals surface area contributed by atoms with Gasteiger partial charge in [0.1, 0.15) is 5.56 Å². The van der Waals surface area contributed by atoms with Crippen LogP contribution in [0.25, 0.3) is 0 Å². The maximum atomic E-state index is 11.8. The van der Waals surface area contributed by atoms with Crippen LogP contribution in [0.4, 0.5) is 0 Å². The van der Waals surface area contributed by atoms with Crippen LogP contribution in [0, 0.1) is 0 Å². The minimum absolute atomic E-state index is 0.131. The van der Waals surface area contributed by atoms with Gasteiger partial charge in [-0.2, -0.15) is 0 Å². The molecule has 1 atom stereocenters. The van der Waals surface area contributed by atoms with E-state index in [0.29, 0.717) is 0 Å². The second kappa shape index (κ2) is 5.83. The summed E-state index contributed by atoms with van der Waals surface area (Å²) in [6.07, 6.45) is 1.38. The highest BCUT2D eigenvalue weighted by Crippen LogP contribution is 2.13. The molecule has 0 spiro atoms. The van der Waals surface area contributed by atoms with Gasteiger partial charge in [0.25, 0.3) is 5.91 Å². The van der Waals surface area contributed by atoms with Crippen molar-refractivity contribution >= 4 is 11.9 Å². The number of amides is 1. The highest BCUT2D eigenvalue weighted by atomic mass is 16.5. The number of rotatable bonds is 5. The van der Waals surface area contributed by atoms with Crippen LogP contribution in [0.2, 0.25) is 0 Å². The van der Waals surface area contributed by atoms with Gasteiger partial charge < -0.3 is 15.2 Å². The molecule has 0 radical (unpaired) electrons. The molecule has 1 aromatic rings. The standard InChI is InChI=1S/C11H14N2O4/c1-7(6-9(14)15)13-10(16)8-4-3-5-12-11(8)17-2/h3-5,7H,6H2,1-2H3,(H,13,16)(H,14,15). The fourth-order valence-corrected chi connectivity index (χ4v) is 1.34. The number of carboxylic acids is 1. The molecule has 1 aromatic heterocycles. The molecule has 0 aliphatic rings. The molecule has 0 bridgehead atoms. The van der Waals surface area contributed by atoms with E-state index in [-0.39, 0.29) is 17.9 Å². The second-order valence-corrected chi connectivity index (χ2v) is 3.53. The predicted molar refractivity (Wildman–Crippen MR) is 60.0 cm³/mol. The number of carboxylic acid groups (broad SMARTS) is 1. The average Bonchev–Trinajstić information content (AvgIpc) is 2.27. The zero-order valence-electron chi connectivity index (χ0n) is 9.64. The molecule has 0 saturated heterocycles. The van der Waals surface area contributed by atoms with Crippen molar-refractivity contribution in [1.29, 1.82) is 0 Å². The number of methoxy groups -OCH3 is 1. The highest BCUT2D eigenvalue weighted by molar-refractivity contribution is 5.96. The lowest BCUT2D eigenvalue weighted by Gasteiger charge is -2.12. The molecule has 0 aliphatic carbocycles. The molecule has 0 aromatic carbocycles. The number of carbonyl (C=O) groups is 2. The maximum absolute atomic E-state index is 11.8. The normalized spacial score (nSPS) is 11.6. The van der Waals surface area contributed by atoms with Crippen LogP contribution in [-0.2, 0) is 4.79 Å². The summed E-state index contributed by atoms with van der Waals surface area (Å²) in [5.74, 6) is -1.15. The number of aromatic nitrogens is 1. The van der Waals surface area contributed by atoms with Crippen molar-refractivity contribution in [2.75, 3.05) is 7.11 Å². The summed E-state index contributed by atoms with van der Waals surface area (Å²) < 4.78 is 4.94. The van der Waals surface area contributed by atoms with Crippen molar-refractivity contribution in [2.24, 2.45) is 0 Å². The first-order chi connectivity index (χ1) is 8.04. The van der Waals surface area contributed by atoms with E-state index in [0.717, 1.165) is 0 Å². The van der Waals surface area contributed by atoms with Crippen molar-refractivity contribution in [1.82, 2.24) is 10.3 Å². The first-order valence-electron chi connectivity index (χ1n) is 5.06. The maximum Gasteiger partial charge on any atom is 0.305 e. The molecule has 6 heteroatoms. The average molecular weight is 238 g/mol. The van der Waals surface area contributed by atoms with Gasteiger partial charge in [0.2, 0.25) is 5.88 Å². The second-order valence-electron chi connectivity index (χ2n) is 3.53. The molecule has 1 amide bonds. The van der Waals surface area contributed by atoms with Crippen molar-refractivity contribution < 1.29 is 19.4 Å². The molecule has 1 heterocycles. The van der Waals surface area contributed by atoms with Crippen LogP contribution in [0.3, 0.4) is 0 Å². The van der Waals surface area contributed by atoms with E-state index in [4.69, 9.17) is 9.84 Å². The quantitative estimate of drug-likeness (QED) is 0.787. The van der Waals surface area contributed by atoms with Gasteiger partial charge in [-0.3, -0.25) is 9.59 Å². The smallest absolute Gasteiger partial charge is 0.305 e. The Morgan fingerprint density at radius 2 is 2.29 bits per heavy atom. The molecule has 0 saturated carbocycles. The Bertz CT molecular complexity index is 420. The Labute approximate surface area is 98.6 Å². The molecule has 17 heavy (non-hydrogen) atoms. The van der Waals surface area contributed by atoms with E-state index < -0.39 is 17.9 Å². The SMILES string of the molecule is COc1ncccc1C(=O)NC(C)CC(=O)O. The summed E-state index contributed by atoms with van der Waals surface area (Å²) in [7, 11) is 1.42. The Morgan fingerprint density at radius 1 is 1.59 bits per heavy atom. The van der Waals surface area contributed by atoms with Crippen molar-refractivity contribution in [3.05, 3.63) is 23.9 Å². The zero-order chi connectivity index (χ0) is 12.8. The van der Waals surface area contributed by atoms with Gasteiger partial charge in [0.15, 0.2) is 0 Å². The topological polar surface area (TPSA) is 88.5 Å². The lowest BCUT2D eigenvalue weighted by atomic mass is 10.2. The van der Waals surface area contributed by atoms with E-state index >= 15 is 0 Å². The Balaban J connectivity index is 2.72. The molecule has 0 aliphatic heterocycles. The Hall–Kier alpha value is -2.11. The summed E-state index contributed by atoms with van der Waals surface area (Å²) in [6, 6.07) is 2.72. The van der Waals surface area contributed by atoms with E-state index in [9.17, 15) is 9.59 Å². The van der Waals surface area contributed by atoms with Gasteiger partial charge in [-0.25, -0.2) is 4.98 Å². The summed E-state index contributed by atoms with van der Waals surface area (Å²) in [5.41, 5.74) is 0.284. The fraction of sp³-hybridized carbons (Fsp3) is 0.364. The van der Waals surface area contributed by atoms with Crippen LogP contribution in [0.15, 0.2) is 18.3 Å². The number of pyridine rings is 1. The van der Waals surface area contributed by atoms with Crippen molar-refractivity contribution in [3.63, 3.8) is 0 Å². The molecule has 6 nitrogen and oxygen atoms in total. The van der Waals surface area contributed by atoms with Crippen molar-refractivity contribution in [2.45, 2.75) is 19.4 Å². The van der Waals surface area contributed by atoms with Crippen LogP contribution >= 0.6 is 0 Å². The largest absolute Gasteiger partial charge is 0.481 e. The van der Waals surface area contributed by atoms with Crippen molar-refractivity contribution in [3.8, 4) is 5.88 Å². The molecule has 1 rings (SSSR count). The van der Waals surface area contributed by atoms with Crippen LogP contribution in [0.1, 0.15) is 23.7 Å². The number of carbonyl (C=O) groups excluding carboxylic acids is 1. The lowest BCUT2D eigenvalue weighted by molar-refractivity contribution is -0.137. The number of nitrogens with one attached hydrogen (secondary N) is 1. The van der Waals surface area contributed by atoms with Crippen LogP contribution in [0.5, 0.6) is 5.88 Å². The third-order valence-corrected chi connectivity index (χ3v) is 2.07. The summed E-state index contributed by atoms with van der Waals surface area (Å²) in [5, 5.41) is 11.1. The van der Waals surface area contributed by atoms with E-state index in [1.54, 1.807) is 19.1 Å². The van der Waals surface area contributed by atoms with Crippen LogP contribution in [-0.4, -0.2) is 35.1 Å². The monoisotopic (exact) mass is 238 g/mol. The van der Waals surface area contributed by atoms with Gasteiger partial charge in [-0.1, -0.05) is 0 Å². The van der Waals surface area contributed by atoms with E-state index in [2.05, 4.69) is 10.3 Å². The third kappa shape index (κ3) is 3.75. The van der Waals surface area contributed by atoms with Crippen LogP contribution < -0.4 is 10.1 Å². The summed E-state index contributed by atoms with van der Waals surface area (Å²) in [4.78, 5) is 26.1. The zero-order valence-corrected chi connectivity index (χ0v) is 9.64. The lowest BCUT2D eigenvalue weighted by Crippen LogP contribution is -2.34. The minimum atomic E-state index is -0.962. The third-order valence-electron chi connectivity index (χ3n) is 2.07. The molecule has 0 fully saturated rings. The van der Waals surface area contributed by atoms with E-state index in [1.807, 2.05) is 0 Å². The number of hydrogen-bond donors (Lipinski definition) is 2. The van der Waals surface area contributed by atoms with Gasteiger partial charge >= 0.3 is 5.97 Å². The fourth-order valence-electron chi connectivity index (χ4n) is 1.34. The number of aliphatic carboxylic acids is 1. The molecule has 2 N–H and O–H groups in total. The van der Waals surface area contributed by atoms with Gasteiger partial charge in [-0.15, -0.1) is 0 Å². The molecule has 1 unspecified atom stereocenters. The number of ether oxygens (including phenoxy) is 1. The summed E-state index contributed by atoms with van der Waals surface area (Å²) in [6.45, 7) is 1.62. The first kappa shape index (κ1) is 13.0. The molecule has 92 valence electrons. The minimum Gasteiger partial charge on any atom is -0.481 e. The highest BCUT2D eigenvalue weighted by Gasteiger charge is 2.16. The number of nitrogens with zero attached hydrogens (tertiary/aromatic N) is 1. The van der Waals surface area contributed by atoms with Gasteiger partial charge in [0, 0.05) is 12.2 Å². The molecular weight excluding hydrogens is 224 g/mol. The van der Waals surface area contributed by atoms with E-state index in [1.165, 1.54) is 13.3 Å². The van der Waals surface area contributed by atoms with Gasteiger partial charge in [0.05, 0.1) is 13.5 Å². The Kier molecular flexibility index (Phi) is 4.45. The van der Waals surface area contributed by atoms with Gasteiger partial charge in [-0.05, 0) is 19.1 Å². The Morgan fingerprint density at radius 3 is 2.88 bits per heavy atom.